The number of amides is 1. The zero-order valence-corrected chi connectivity index (χ0v) is 10.4. The Morgan fingerprint density at radius 1 is 1.41 bits per heavy atom. The van der Waals surface area contributed by atoms with Gasteiger partial charge in [0.1, 0.15) is 0 Å². The summed E-state index contributed by atoms with van der Waals surface area (Å²) in [5, 5.41) is 2.84. The molecule has 3 N–H and O–H groups in total. The second kappa shape index (κ2) is 7.77. The SMILES string of the molecule is C#CCSCCNC(=O)c1ccc(CN)cc1. The molecule has 17 heavy (non-hydrogen) atoms. The number of thioether (sulfide) groups is 1. The number of carbonyl (C=O) groups is 1. The van der Waals surface area contributed by atoms with Crippen LogP contribution in [0.2, 0.25) is 0 Å². The summed E-state index contributed by atoms with van der Waals surface area (Å²) >= 11 is 1.63. The van der Waals surface area contributed by atoms with Crippen molar-refractivity contribution in [3.8, 4) is 12.3 Å². The molecule has 0 aliphatic rings. The van der Waals surface area contributed by atoms with Crippen molar-refractivity contribution in [2.24, 2.45) is 5.73 Å². The van der Waals surface area contributed by atoms with Crippen molar-refractivity contribution >= 4 is 17.7 Å². The lowest BCUT2D eigenvalue weighted by Gasteiger charge is -2.05. The molecule has 0 heterocycles. The highest BCUT2D eigenvalue weighted by molar-refractivity contribution is 7.99. The summed E-state index contributed by atoms with van der Waals surface area (Å²) in [7, 11) is 0. The minimum atomic E-state index is -0.0603. The molecule has 0 unspecified atom stereocenters. The molecule has 1 rings (SSSR count). The molecule has 3 nitrogen and oxygen atoms in total. The van der Waals surface area contributed by atoms with Crippen molar-refractivity contribution in [1.29, 1.82) is 0 Å². The Hall–Kier alpha value is -1.44. The Morgan fingerprint density at radius 2 is 2.12 bits per heavy atom. The number of benzene rings is 1. The average Bonchev–Trinajstić information content (AvgIpc) is 2.38. The standard InChI is InChI=1S/C13H16N2OS/c1-2-8-17-9-7-15-13(16)12-5-3-11(10-14)4-6-12/h1,3-6H,7-10,14H2,(H,15,16). The molecular weight excluding hydrogens is 232 g/mol. The number of nitrogens with one attached hydrogen (secondary N) is 1. The molecular formula is C13H16N2OS. The largest absolute Gasteiger partial charge is 0.351 e. The van der Waals surface area contributed by atoms with Gasteiger partial charge in [-0.1, -0.05) is 18.1 Å². The van der Waals surface area contributed by atoms with E-state index in [1.165, 1.54) is 0 Å². The molecule has 0 atom stereocenters. The Balaban J connectivity index is 2.34. The monoisotopic (exact) mass is 248 g/mol. The second-order valence-corrected chi connectivity index (χ2v) is 4.52. The molecule has 90 valence electrons. The lowest BCUT2D eigenvalue weighted by atomic mass is 10.1. The Morgan fingerprint density at radius 3 is 2.71 bits per heavy atom. The van der Waals surface area contributed by atoms with Crippen LogP contribution < -0.4 is 11.1 Å². The Kier molecular flexibility index (Phi) is 6.23. The second-order valence-electron chi connectivity index (χ2n) is 3.41. The number of carbonyl (C=O) groups excluding carboxylic acids is 1. The van der Waals surface area contributed by atoms with Gasteiger partial charge in [-0.2, -0.15) is 0 Å². The van der Waals surface area contributed by atoms with Crippen LogP contribution in [0.25, 0.3) is 0 Å². The number of terminal acetylenes is 1. The summed E-state index contributed by atoms with van der Waals surface area (Å²) in [6, 6.07) is 7.29. The zero-order valence-electron chi connectivity index (χ0n) is 9.61. The molecule has 1 amide bonds. The van der Waals surface area contributed by atoms with E-state index in [2.05, 4.69) is 11.2 Å². The topological polar surface area (TPSA) is 55.1 Å². The maximum absolute atomic E-state index is 11.7. The smallest absolute Gasteiger partial charge is 0.251 e. The third kappa shape index (κ3) is 4.94. The van der Waals surface area contributed by atoms with E-state index in [4.69, 9.17) is 12.2 Å². The minimum Gasteiger partial charge on any atom is -0.351 e. The van der Waals surface area contributed by atoms with Crippen molar-refractivity contribution in [1.82, 2.24) is 5.32 Å². The van der Waals surface area contributed by atoms with Gasteiger partial charge >= 0.3 is 0 Å². The highest BCUT2D eigenvalue weighted by Crippen LogP contribution is 2.03. The maximum atomic E-state index is 11.7. The molecule has 0 bridgehead atoms. The summed E-state index contributed by atoms with van der Waals surface area (Å²) < 4.78 is 0. The van der Waals surface area contributed by atoms with Crippen LogP contribution >= 0.6 is 11.8 Å². The van der Waals surface area contributed by atoms with Gasteiger partial charge in [0, 0.05) is 24.4 Å². The van der Waals surface area contributed by atoms with Crippen LogP contribution in [0, 0.1) is 12.3 Å². The summed E-state index contributed by atoms with van der Waals surface area (Å²) in [6.45, 7) is 1.12. The number of nitrogens with two attached hydrogens (primary N) is 1. The van der Waals surface area contributed by atoms with Crippen molar-refractivity contribution < 1.29 is 4.79 Å². The van der Waals surface area contributed by atoms with Gasteiger partial charge in [-0.3, -0.25) is 4.79 Å². The van der Waals surface area contributed by atoms with Gasteiger partial charge in [0.15, 0.2) is 0 Å². The highest BCUT2D eigenvalue weighted by atomic mass is 32.2. The Labute approximate surface area is 106 Å². The third-order valence-corrected chi connectivity index (χ3v) is 3.03. The lowest BCUT2D eigenvalue weighted by molar-refractivity contribution is 0.0956. The summed E-state index contributed by atoms with van der Waals surface area (Å²) in [5.74, 6) is 3.99. The highest BCUT2D eigenvalue weighted by Gasteiger charge is 2.03. The molecule has 1 aromatic rings. The number of rotatable bonds is 6. The molecule has 0 aliphatic heterocycles. The molecule has 0 radical (unpaired) electrons. The first kappa shape index (κ1) is 13.6. The predicted molar refractivity (Wildman–Crippen MR) is 72.8 cm³/mol. The van der Waals surface area contributed by atoms with E-state index >= 15 is 0 Å². The summed E-state index contributed by atoms with van der Waals surface area (Å²) in [5.41, 5.74) is 7.16. The Bertz CT molecular complexity index is 395. The maximum Gasteiger partial charge on any atom is 0.251 e. The first-order valence-electron chi connectivity index (χ1n) is 5.36. The number of hydrogen-bond acceptors (Lipinski definition) is 3. The van der Waals surface area contributed by atoms with E-state index in [0.717, 1.165) is 11.3 Å². The van der Waals surface area contributed by atoms with Gasteiger partial charge in [0.2, 0.25) is 0 Å². The van der Waals surface area contributed by atoms with Crippen LogP contribution in [0.4, 0.5) is 0 Å². The molecule has 0 spiro atoms. The van der Waals surface area contributed by atoms with E-state index in [9.17, 15) is 4.79 Å². The molecule has 0 aromatic heterocycles. The van der Waals surface area contributed by atoms with Crippen LogP contribution in [0.5, 0.6) is 0 Å². The van der Waals surface area contributed by atoms with Gasteiger partial charge in [0.25, 0.3) is 5.91 Å². The molecule has 1 aromatic carbocycles. The van der Waals surface area contributed by atoms with E-state index in [0.29, 0.717) is 24.4 Å². The van der Waals surface area contributed by atoms with Crippen LogP contribution in [-0.4, -0.2) is 24.0 Å². The van der Waals surface area contributed by atoms with Crippen LogP contribution in [0.1, 0.15) is 15.9 Å². The quantitative estimate of drug-likeness (QED) is 0.588. The van der Waals surface area contributed by atoms with Crippen LogP contribution in [0.3, 0.4) is 0 Å². The predicted octanol–water partition coefficient (Wildman–Crippen LogP) is 1.24. The van der Waals surface area contributed by atoms with E-state index in [-0.39, 0.29) is 5.91 Å². The summed E-state index contributed by atoms with van der Waals surface area (Å²) in [4.78, 5) is 11.7. The van der Waals surface area contributed by atoms with Gasteiger partial charge in [-0.25, -0.2) is 0 Å². The van der Waals surface area contributed by atoms with E-state index < -0.39 is 0 Å². The zero-order chi connectivity index (χ0) is 12.5. The minimum absolute atomic E-state index is 0.0603. The van der Waals surface area contributed by atoms with Crippen LogP contribution in [-0.2, 0) is 6.54 Å². The van der Waals surface area contributed by atoms with Crippen molar-refractivity contribution in [2.75, 3.05) is 18.1 Å². The fourth-order valence-corrected chi connectivity index (χ4v) is 1.77. The van der Waals surface area contributed by atoms with Crippen LogP contribution in [0.15, 0.2) is 24.3 Å². The van der Waals surface area contributed by atoms with Crippen molar-refractivity contribution in [3.05, 3.63) is 35.4 Å². The van der Waals surface area contributed by atoms with E-state index in [1.54, 1.807) is 23.9 Å². The lowest BCUT2D eigenvalue weighted by Crippen LogP contribution is -2.25. The normalized spacial score (nSPS) is 9.65. The summed E-state index contributed by atoms with van der Waals surface area (Å²) in [6.07, 6.45) is 5.12. The van der Waals surface area contributed by atoms with Crippen molar-refractivity contribution in [2.45, 2.75) is 6.54 Å². The van der Waals surface area contributed by atoms with Gasteiger partial charge in [-0.15, -0.1) is 18.2 Å². The van der Waals surface area contributed by atoms with E-state index in [1.807, 2.05) is 12.1 Å². The fraction of sp³-hybridized carbons (Fsp3) is 0.308. The van der Waals surface area contributed by atoms with Crippen molar-refractivity contribution in [3.63, 3.8) is 0 Å². The molecule has 0 aliphatic carbocycles. The fourth-order valence-electron chi connectivity index (χ4n) is 1.26. The van der Waals surface area contributed by atoms with Gasteiger partial charge < -0.3 is 11.1 Å². The molecule has 4 heteroatoms. The average molecular weight is 248 g/mol. The van der Waals surface area contributed by atoms with Gasteiger partial charge in [-0.05, 0) is 17.7 Å². The van der Waals surface area contributed by atoms with Gasteiger partial charge in [0.05, 0.1) is 5.75 Å². The first-order chi connectivity index (χ1) is 8.27. The third-order valence-electron chi connectivity index (χ3n) is 2.17. The molecule has 0 fully saturated rings. The molecule has 0 saturated heterocycles. The number of hydrogen-bond donors (Lipinski definition) is 2. The molecule has 0 saturated carbocycles. The first-order valence-corrected chi connectivity index (χ1v) is 6.52.